The molecule has 0 saturated heterocycles. The van der Waals surface area contributed by atoms with E-state index in [0.29, 0.717) is 65.4 Å². The lowest BCUT2D eigenvalue weighted by Crippen LogP contribution is -2.32. The van der Waals surface area contributed by atoms with Crippen molar-refractivity contribution < 1.29 is 24.0 Å². The molecule has 0 unspecified atom stereocenters. The quantitative estimate of drug-likeness (QED) is 0.141. The second-order valence-corrected chi connectivity index (χ2v) is 7.86. The minimum absolute atomic E-state index is 0.227. The molecule has 1 aliphatic rings. The number of H-pyrrole nitrogens is 1. The summed E-state index contributed by atoms with van der Waals surface area (Å²) in [5, 5.41) is 17.2. The highest BCUT2D eigenvalue weighted by molar-refractivity contribution is 6.34. The maximum atomic E-state index is 13.7. The molecular formula is C23H28FN5O4. The van der Waals surface area contributed by atoms with Crippen LogP contribution < -0.4 is 21.4 Å². The molecule has 0 aliphatic carbocycles. The van der Waals surface area contributed by atoms with Crippen molar-refractivity contribution in [1.29, 1.82) is 0 Å². The largest absolute Gasteiger partial charge is 0.358 e. The van der Waals surface area contributed by atoms with Gasteiger partial charge in [0.15, 0.2) is 0 Å². The summed E-state index contributed by atoms with van der Waals surface area (Å²) in [5.41, 5.74) is 5.46. The van der Waals surface area contributed by atoms with Crippen LogP contribution in [0.2, 0.25) is 0 Å². The molecule has 2 aromatic rings. The van der Waals surface area contributed by atoms with Crippen molar-refractivity contribution in [2.45, 2.75) is 33.1 Å². The number of benzene rings is 1. The lowest BCUT2D eigenvalue weighted by atomic mass is 10.0. The van der Waals surface area contributed by atoms with Crippen LogP contribution >= 0.6 is 0 Å². The molecule has 10 heteroatoms. The predicted molar refractivity (Wildman–Crippen MR) is 122 cm³/mol. The van der Waals surface area contributed by atoms with E-state index in [1.165, 1.54) is 18.2 Å². The number of hydroxylamine groups is 1. The van der Waals surface area contributed by atoms with Crippen molar-refractivity contribution in [2.24, 2.45) is 0 Å². The number of anilines is 1. The van der Waals surface area contributed by atoms with Crippen molar-refractivity contribution in [3.8, 4) is 0 Å². The van der Waals surface area contributed by atoms with E-state index < -0.39 is 11.7 Å². The molecule has 3 amide bonds. The summed E-state index contributed by atoms with van der Waals surface area (Å²) in [6.45, 7) is 5.27. The van der Waals surface area contributed by atoms with Crippen molar-refractivity contribution in [2.75, 3.05) is 25.0 Å². The first-order valence-electron chi connectivity index (χ1n) is 10.8. The summed E-state index contributed by atoms with van der Waals surface area (Å²) in [4.78, 5) is 39.2. The number of rotatable bonds is 10. The Labute approximate surface area is 190 Å². The predicted octanol–water partition coefficient (Wildman–Crippen LogP) is 2.26. The van der Waals surface area contributed by atoms with Crippen molar-refractivity contribution in [3.05, 3.63) is 52.1 Å². The van der Waals surface area contributed by atoms with Crippen LogP contribution in [0.1, 0.15) is 52.1 Å². The summed E-state index contributed by atoms with van der Waals surface area (Å²) in [6, 6.07) is 4.13. The third kappa shape index (κ3) is 5.85. The highest BCUT2D eigenvalue weighted by atomic mass is 19.1. The average Bonchev–Trinajstić information content (AvgIpc) is 3.24. The zero-order chi connectivity index (χ0) is 24.0. The number of nitrogens with one attached hydrogen (secondary N) is 5. The van der Waals surface area contributed by atoms with E-state index in [1.54, 1.807) is 25.4 Å². The molecule has 33 heavy (non-hydrogen) atoms. The molecular weight excluding hydrogens is 429 g/mol. The Morgan fingerprint density at radius 1 is 1.15 bits per heavy atom. The van der Waals surface area contributed by atoms with Gasteiger partial charge in [-0.25, -0.2) is 9.87 Å². The summed E-state index contributed by atoms with van der Waals surface area (Å²) >= 11 is 0. The van der Waals surface area contributed by atoms with E-state index in [1.807, 2.05) is 0 Å². The van der Waals surface area contributed by atoms with Gasteiger partial charge in [0, 0.05) is 42.1 Å². The van der Waals surface area contributed by atoms with E-state index in [-0.39, 0.29) is 18.2 Å². The Kier molecular flexibility index (Phi) is 7.96. The highest BCUT2D eigenvalue weighted by Gasteiger charge is 2.26. The number of halogens is 1. The van der Waals surface area contributed by atoms with Crippen LogP contribution in [-0.2, 0) is 9.59 Å². The van der Waals surface area contributed by atoms with Gasteiger partial charge in [0.05, 0.1) is 11.1 Å². The number of aryl methyl sites for hydroxylation is 1. The molecule has 0 atom stereocenters. The second-order valence-electron chi connectivity index (χ2n) is 7.86. The molecule has 0 bridgehead atoms. The maximum Gasteiger partial charge on any atom is 0.256 e. The van der Waals surface area contributed by atoms with Gasteiger partial charge in [0.2, 0.25) is 5.91 Å². The van der Waals surface area contributed by atoms with E-state index >= 15 is 0 Å². The minimum Gasteiger partial charge on any atom is -0.358 e. The Morgan fingerprint density at radius 2 is 1.94 bits per heavy atom. The molecule has 1 aromatic heterocycles. The van der Waals surface area contributed by atoms with Crippen LogP contribution in [0.25, 0.3) is 11.6 Å². The highest BCUT2D eigenvalue weighted by Crippen LogP contribution is 2.34. The van der Waals surface area contributed by atoms with Crippen LogP contribution in [0.5, 0.6) is 0 Å². The van der Waals surface area contributed by atoms with Gasteiger partial charge < -0.3 is 20.9 Å². The number of aromatic amines is 1. The summed E-state index contributed by atoms with van der Waals surface area (Å²) in [7, 11) is 0. The monoisotopic (exact) mass is 457 g/mol. The summed E-state index contributed by atoms with van der Waals surface area (Å²) in [5.74, 6) is -1.38. The average molecular weight is 458 g/mol. The van der Waals surface area contributed by atoms with E-state index in [9.17, 15) is 18.8 Å². The molecule has 1 aliphatic heterocycles. The number of hydrogen-bond donors (Lipinski definition) is 6. The number of carbonyl (C=O) groups excluding carboxylic acids is 3. The molecule has 6 N–H and O–H groups in total. The smallest absolute Gasteiger partial charge is 0.256 e. The van der Waals surface area contributed by atoms with Crippen LogP contribution in [0.15, 0.2) is 18.2 Å². The third-order valence-electron chi connectivity index (χ3n) is 5.48. The number of aromatic nitrogens is 1. The molecule has 0 fully saturated rings. The normalized spacial score (nSPS) is 13.7. The van der Waals surface area contributed by atoms with Gasteiger partial charge in [-0.2, -0.15) is 0 Å². The molecule has 0 spiro atoms. The van der Waals surface area contributed by atoms with Gasteiger partial charge in [-0.3, -0.25) is 19.6 Å². The van der Waals surface area contributed by atoms with Gasteiger partial charge >= 0.3 is 0 Å². The summed E-state index contributed by atoms with van der Waals surface area (Å²) in [6.07, 6.45) is 3.33. The first kappa shape index (κ1) is 24.1. The second kappa shape index (κ2) is 10.9. The Hall–Kier alpha value is -3.50. The van der Waals surface area contributed by atoms with Gasteiger partial charge in [0.25, 0.3) is 11.8 Å². The molecule has 0 saturated carbocycles. The molecule has 9 nitrogen and oxygen atoms in total. The van der Waals surface area contributed by atoms with E-state index in [0.717, 1.165) is 6.42 Å². The van der Waals surface area contributed by atoms with Crippen molar-refractivity contribution in [3.63, 3.8) is 0 Å². The minimum atomic E-state index is -0.431. The van der Waals surface area contributed by atoms with E-state index in [2.05, 4.69) is 20.9 Å². The topological polar surface area (TPSA) is 135 Å². The number of amides is 3. The zero-order valence-electron chi connectivity index (χ0n) is 18.6. The van der Waals surface area contributed by atoms with Gasteiger partial charge in [-0.1, -0.05) is 0 Å². The maximum absolute atomic E-state index is 13.7. The van der Waals surface area contributed by atoms with Crippen molar-refractivity contribution in [1.82, 2.24) is 21.1 Å². The third-order valence-corrected chi connectivity index (χ3v) is 5.48. The fraction of sp³-hybridized carbons (Fsp3) is 0.348. The number of carbonyl (C=O) groups is 3. The fourth-order valence-corrected chi connectivity index (χ4v) is 3.78. The fourth-order valence-electron chi connectivity index (χ4n) is 3.78. The first-order chi connectivity index (χ1) is 15.8. The lowest BCUT2D eigenvalue weighted by Gasteiger charge is -2.07. The van der Waals surface area contributed by atoms with Crippen LogP contribution in [-0.4, -0.2) is 47.5 Å². The number of fused-ring (bicyclic) bond motifs is 1. The van der Waals surface area contributed by atoms with Gasteiger partial charge in [-0.15, -0.1) is 0 Å². The van der Waals surface area contributed by atoms with Gasteiger partial charge in [0.1, 0.15) is 5.82 Å². The Morgan fingerprint density at radius 3 is 2.70 bits per heavy atom. The van der Waals surface area contributed by atoms with Gasteiger partial charge in [-0.05, 0) is 63.1 Å². The molecule has 176 valence electrons. The lowest BCUT2D eigenvalue weighted by molar-refractivity contribution is -0.129. The SMILES string of the molecule is Cc1[nH]c(C=C2C(=O)Nc3ccc(F)cc32)c(C)c1C(=O)NCCNCCCCC(=O)NO. The standard InChI is InChI=1S/C23H28FN5O4/c1-13-19(12-17-16-11-15(24)6-7-18(16)28-22(17)31)27-14(2)21(13)23(32)26-10-9-25-8-4-3-5-20(30)29-33/h6-7,11-12,25,27,33H,3-5,8-10H2,1-2H3,(H,26,32)(H,28,31)(H,29,30). The van der Waals surface area contributed by atoms with Crippen LogP contribution in [0, 0.1) is 19.7 Å². The molecule has 3 rings (SSSR count). The number of hydrogen-bond acceptors (Lipinski definition) is 5. The Balaban J connectivity index is 1.57. The molecule has 2 heterocycles. The van der Waals surface area contributed by atoms with Crippen molar-refractivity contribution >= 4 is 35.1 Å². The summed E-state index contributed by atoms with van der Waals surface area (Å²) < 4.78 is 13.7. The molecule has 1 aromatic carbocycles. The Bertz CT molecular complexity index is 1090. The first-order valence-corrected chi connectivity index (χ1v) is 10.8. The van der Waals surface area contributed by atoms with Crippen LogP contribution in [0.4, 0.5) is 10.1 Å². The van der Waals surface area contributed by atoms with E-state index in [4.69, 9.17) is 5.21 Å². The zero-order valence-corrected chi connectivity index (χ0v) is 18.6. The number of unbranched alkanes of at least 4 members (excludes halogenated alkanes) is 1. The van der Waals surface area contributed by atoms with Crippen LogP contribution in [0.3, 0.4) is 0 Å². The molecule has 0 radical (unpaired) electrons.